The van der Waals surface area contributed by atoms with Crippen molar-refractivity contribution in [3.63, 3.8) is 0 Å². The number of rotatable bonds is 9. The Balaban J connectivity index is 0.00000338. The predicted octanol–water partition coefficient (Wildman–Crippen LogP) is 4.05. The maximum absolute atomic E-state index is 4.52. The van der Waals surface area contributed by atoms with E-state index in [0.717, 1.165) is 44.4 Å². The minimum atomic E-state index is 0. The Bertz CT molecular complexity index is 555. The van der Waals surface area contributed by atoms with Crippen molar-refractivity contribution in [3.8, 4) is 0 Å². The molecule has 0 aliphatic carbocycles. The number of aromatic nitrogens is 1. The van der Waals surface area contributed by atoms with Crippen molar-refractivity contribution in [2.45, 2.75) is 45.1 Å². The smallest absolute Gasteiger partial charge is 0.193 e. The summed E-state index contributed by atoms with van der Waals surface area (Å²) in [7, 11) is 3.95. The first-order chi connectivity index (χ1) is 12.2. The van der Waals surface area contributed by atoms with Crippen LogP contribution in [0.3, 0.4) is 0 Å². The first kappa shape index (κ1) is 22.7. The normalized spacial score (nSPS) is 14.1. The zero-order valence-corrected chi connectivity index (χ0v) is 18.6. The van der Waals surface area contributed by atoms with E-state index in [4.69, 9.17) is 0 Å². The lowest BCUT2D eigenvalue weighted by atomic mass is 10.2. The highest BCUT2D eigenvalue weighted by Gasteiger charge is 2.13. The Kier molecular flexibility index (Phi) is 11.3. The number of pyridine rings is 1. The van der Waals surface area contributed by atoms with Crippen molar-refractivity contribution in [1.82, 2.24) is 15.2 Å². The van der Waals surface area contributed by atoms with Crippen LogP contribution in [0, 0.1) is 0 Å². The lowest BCUT2D eigenvalue weighted by Crippen LogP contribution is -2.39. The molecule has 0 atom stereocenters. The SMILES string of the molecule is C=CCCCCCN(C)C(=NC)NCc1ccnc(N2CCCC2)c1.I. The van der Waals surface area contributed by atoms with Gasteiger partial charge >= 0.3 is 0 Å². The van der Waals surface area contributed by atoms with Crippen molar-refractivity contribution >= 4 is 35.8 Å². The van der Waals surface area contributed by atoms with Crippen molar-refractivity contribution in [2.75, 3.05) is 38.6 Å². The standard InChI is InChI=1S/C20H33N5.HI/c1-4-5-6-7-8-13-24(3)20(21-2)23-17-18-11-12-22-19(16-18)25-14-9-10-15-25;/h4,11-12,16H,1,5-10,13-15,17H2,2-3H3,(H,21,23);1H. The number of nitrogens with zero attached hydrogens (tertiary/aromatic N) is 4. The third kappa shape index (κ3) is 7.51. The van der Waals surface area contributed by atoms with Crippen LogP contribution in [0.4, 0.5) is 5.82 Å². The maximum atomic E-state index is 4.52. The van der Waals surface area contributed by atoms with Crippen LogP contribution in [0.2, 0.25) is 0 Å². The number of anilines is 1. The summed E-state index contributed by atoms with van der Waals surface area (Å²) in [5, 5.41) is 3.47. The Morgan fingerprint density at radius 2 is 2.12 bits per heavy atom. The molecule has 0 saturated carbocycles. The summed E-state index contributed by atoms with van der Waals surface area (Å²) in [6.45, 7) is 7.82. The van der Waals surface area contributed by atoms with Gasteiger partial charge in [0.25, 0.3) is 0 Å². The van der Waals surface area contributed by atoms with Gasteiger partial charge in [-0.1, -0.05) is 12.5 Å². The monoisotopic (exact) mass is 471 g/mol. The average Bonchev–Trinajstić information content (AvgIpc) is 3.17. The van der Waals surface area contributed by atoms with Gasteiger partial charge in [-0.05, 0) is 49.8 Å². The first-order valence-corrected chi connectivity index (χ1v) is 9.47. The number of halogens is 1. The van der Waals surface area contributed by atoms with Gasteiger partial charge in [0.05, 0.1) is 0 Å². The molecule has 1 aliphatic rings. The summed E-state index contributed by atoms with van der Waals surface area (Å²) in [5.41, 5.74) is 1.25. The minimum absolute atomic E-state index is 0. The molecule has 2 rings (SSSR count). The molecule has 2 heterocycles. The van der Waals surface area contributed by atoms with E-state index in [2.05, 4.69) is 50.9 Å². The highest BCUT2D eigenvalue weighted by atomic mass is 127. The summed E-state index contributed by atoms with van der Waals surface area (Å²) >= 11 is 0. The molecule has 0 aromatic carbocycles. The zero-order valence-electron chi connectivity index (χ0n) is 16.3. The van der Waals surface area contributed by atoms with Crippen LogP contribution in [0.1, 0.15) is 44.1 Å². The summed E-state index contributed by atoms with van der Waals surface area (Å²) in [4.78, 5) is 13.5. The third-order valence-electron chi connectivity index (χ3n) is 4.67. The lowest BCUT2D eigenvalue weighted by Gasteiger charge is -2.22. The van der Waals surface area contributed by atoms with E-state index in [1.54, 1.807) is 0 Å². The molecule has 1 aromatic rings. The average molecular weight is 471 g/mol. The van der Waals surface area contributed by atoms with Crippen molar-refractivity contribution in [2.24, 2.45) is 4.99 Å². The summed E-state index contributed by atoms with van der Waals surface area (Å²) in [6.07, 6.45) is 11.2. The van der Waals surface area contributed by atoms with Crippen LogP contribution in [0.5, 0.6) is 0 Å². The maximum Gasteiger partial charge on any atom is 0.193 e. The van der Waals surface area contributed by atoms with Crippen LogP contribution >= 0.6 is 24.0 Å². The van der Waals surface area contributed by atoms with Gasteiger partial charge in [-0.15, -0.1) is 30.6 Å². The van der Waals surface area contributed by atoms with Crippen molar-refractivity contribution in [1.29, 1.82) is 0 Å². The second kappa shape index (κ2) is 12.9. The largest absolute Gasteiger partial charge is 0.357 e. The molecule has 1 fully saturated rings. The Hall–Kier alpha value is -1.31. The highest BCUT2D eigenvalue weighted by Crippen LogP contribution is 2.18. The van der Waals surface area contributed by atoms with E-state index in [9.17, 15) is 0 Å². The molecular weight excluding hydrogens is 437 g/mol. The molecule has 0 unspecified atom stereocenters. The fraction of sp³-hybridized carbons (Fsp3) is 0.600. The molecule has 1 N–H and O–H groups in total. The molecule has 0 bridgehead atoms. The fourth-order valence-corrected chi connectivity index (χ4v) is 3.18. The minimum Gasteiger partial charge on any atom is -0.357 e. The van der Waals surface area contributed by atoms with Crippen LogP contribution in [-0.2, 0) is 6.54 Å². The van der Waals surface area contributed by atoms with Crippen LogP contribution in [0.25, 0.3) is 0 Å². The number of hydrogen-bond donors (Lipinski definition) is 1. The second-order valence-corrected chi connectivity index (χ2v) is 6.68. The third-order valence-corrected chi connectivity index (χ3v) is 4.67. The molecule has 1 saturated heterocycles. The van der Waals surface area contributed by atoms with Gasteiger partial charge in [0.15, 0.2) is 5.96 Å². The molecule has 26 heavy (non-hydrogen) atoms. The topological polar surface area (TPSA) is 43.8 Å². The van der Waals surface area contributed by atoms with Gasteiger partial charge in [-0.25, -0.2) is 4.98 Å². The number of unbranched alkanes of at least 4 members (excludes halogenated alkanes) is 3. The van der Waals surface area contributed by atoms with E-state index in [1.807, 2.05) is 19.3 Å². The van der Waals surface area contributed by atoms with Gasteiger partial charge in [0, 0.05) is 46.5 Å². The molecule has 0 amide bonds. The van der Waals surface area contributed by atoms with Crippen LogP contribution in [-0.4, -0.2) is 49.6 Å². The summed E-state index contributed by atoms with van der Waals surface area (Å²) < 4.78 is 0. The molecule has 6 heteroatoms. The number of hydrogen-bond acceptors (Lipinski definition) is 3. The predicted molar refractivity (Wildman–Crippen MR) is 123 cm³/mol. The molecular formula is C20H34IN5. The van der Waals surface area contributed by atoms with Gasteiger partial charge in [0.1, 0.15) is 5.82 Å². The molecule has 1 aliphatic heterocycles. The molecule has 1 aromatic heterocycles. The van der Waals surface area contributed by atoms with E-state index >= 15 is 0 Å². The van der Waals surface area contributed by atoms with E-state index in [1.165, 1.54) is 37.7 Å². The Labute approximate surface area is 176 Å². The van der Waals surface area contributed by atoms with E-state index in [0.29, 0.717) is 0 Å². The quantitative estimate of drug-likeness (QED) is 0.194. The molecule has 146 valence electrons. The Morgan fingerprint density at radius 3 is 2.81 bits per heavy atom. The molecule has 0 radical (unpaired) electrons. The van der Waals surface area contributed by atoms with Crippen LogP contribution in [0.15, 0.2) is 36.0 Å². The fourth-order valence-electron chi connectivity index (χ4n) is 3.18. The van der Waals surface area contributed by atoms with Crippen LogP contribution < -0.4 is 10.2 Å². The lowest BCUT2D eigenvalue weighted by molar-refractivity contribution is 0.455. The van der Waals surface area contributed by atoms with Gasteiger partial charge in [0.2, 0.25) is 0 Å². The van der Waals surface area contributed by atoms with Gasteiger partial charge in [-0.3, -0.25) is 4.99 Å². The van der Waals surface area contributed by atoms with E-state index in [-0.39, 0.29) is 24.0 Å². The number of guanidine groups is 1. The molecule has 5 nitrogen and oxygen atoms in total. The summed E-state index contributed by atoms with van der Waals surface area (Å²) in [6, 6.07) is 4.27. The van der Waals surface area contributed by atoms with Gasteiger partial charge in [-0.2, -0.15) is 0 Å². The van der Waals surface area contributed by atoms with Crippen molar-refractivity contribution < 1.29 is 0 Å². The highest BCUT2D eigenvalue weighted by molar-refractivity contribution is 14.0. The van der Waals surface area contributed by atoms with Gasteiger partial charge < -0.3 is 15.1 Å². The zero-order chi connectivity index (χ0) is 17.9. The molecule has 0 spiro atoms. The van der Waals surface area contributed by atoms with Crippen molar-refractivity contribution in [3.05, 3.63) is 36.5 Å². The number of aliphatic imine (C=N–C) groups is 1. The Morgan fingerprint density at radius 1 is 1.35 bits per heavy atom. The summed E-state index contributed by atoms with van der Waals surface area (Å²) in [5.74, 6) is 2.05. The van der Waals surface area contributed by atoms with E-state index < -0.39 is 0 Å². The second-order valence-electron chi connectivity index (χ2n) is 6.68. The number of allylic oxidation sites excluding steroid dienone is 1. The first-order valence-electron chi connectivity index (χ1n) is 9.47. The number of nitrogens with one attached hydrogen (secondary N) is 1.